The summed E-state index contributed by atoms with van der Waals surface area (Å²) in [4.78, 5) is 26.3. The second kappa shape index (κ2) is 6.29. The Morgan fingerprint density at radius 3 is 2.48 bits per heavy atom. The fourth-order valence-electron chi connectivity index (χ4n) is 2.54. The highest BCUT2D eigenvalue weighted by molar-refractivity contribution is 5.90. The Labute approximate surface area is 126 Å². The monoisotopic (exact) mass is 288 g/mol. The van der Waals surface area contributed by atoms with Gasteiger partial charge < -0.3 is 10.2 Å². The highest BCUT2D eigenvalue weighted by atomic mass is 16.2. The molecule has 21 heavy (non-hydrogen) atoms. The van der Waals surface area contributed by atoms with Crippen molar-refractivity contribution in [3.05, 3.63) is 35.9 Å². The van der Waals surface area contributed by atoms with Gasteiger partial charge in [-0.1, -0.05) is 51.1 Å². The van der Waals surface area contributed by atoms with Crippen molar-refractivity contribution in [3.63, 3.8) is 0 Å². The summed E-state index contributed by atoms with van der Waals surface area (Å²) in [5.41, 5.74) is 0.934. The van der Waals surface area contributed by atoms with Gasteiger partial charge in [0.15, 0.2) is 0 Å². The van der Waals surface area contributed by atoms with Gasteiger partial charge in [0.25, 0.3) is 0 Å². The van der Waals surface area contributed by atoms with E-state index < -0.39 is 6.04 Å². The third kappa shape index (κ3) is 4.06. The van der Waals surface area contributed by atoms with Crippen LogP contribution in [-0.4, -0.2) is 35.8 Å². The van der Waals surface area contributed by atoms with E-state index in [-0.39, 0.29) is 17.2 Å². The van der Waals surface area contributed by atoms with Crippen molar-refractivity contribution < 1.29 is 9.59 Å². The van der Waals surface area contributed by atoms with Gasteiger partial charge in [-0.25, -0.2) is 0 Å². The quantitative estimate of drug-likeness (QED) is 0.924. The fraction of sp³-hybridized carbons (Fsp3) is 0.529. The molecule has 1 N–H and O–H groups in total. The van der Waals surface area contributed by atoms with Crippen LogP contribution >= 0.6 is 0 Å². The van der Waals surface area contributed by atoms with E-state index in [0.717, 1.165) is 6.42 Å². The fourth-order valence-corrected chi connectivity index (χ4v) is 2.54. The molecule has 1 unspecified atom stereocenters. The van der Waals surface area contributed by atoms with Crippen LogP contribution in [0.2, 0.25) is 0 Å². The molecule has 0 saturated carbocycles. The first-order chi connectivity index (χ1) is 9.88. The van der Waals surface area contributed by atoms with Crippen LogP contribution in [0.3, 0.4) is 0 Å². The minimum Gasteiger partial charge on any atom is -0.344 e. The molecule has 1 aromatic carbocycles. The van der Waals surface area contributed by atoms with Gasteiger partial charge >= 0.3 is 0 Å². The molecule has 0 aromatic heterocycles. The van der Waals surface area contributed by atoms with E-state index in [1.807, 2.05) is 43.9 Å². The lowest BCUT2D eigenvalue weighted by Crippen LogP contribution is -2.52. The molecule has 4 heteroatoms. The Kier molecular flexibility index (Phi) is 4.66. The average Bonchev–Trinajstić information content (AvgIpc) is 2.57. The van der Waals surface area contributed by atoms with Crippen LogP contribution in [0.25, 0.3) is 0 Å². The Balaban J connectivity index is 2.07. The topological polar surface area (TPSA) is 49.4 Å². The standard InChI is InChI=1S/C17H24N2O2/c1-17(2,3)15-16(21)19(12-10-14(20)18-15)11-9-13-7-5-4-6-8-13/h4-8,15H,9-12H2,1-3H3,(H,18,20). The van der Waals surface area contributed by atoms with Crippen molar-refractivity contribution >= 4 is 11.8 Å². The number of carbonyl (C=O) groups excluding carboxylic acids is 2. The van der Waals surface area contributed by atoms with E-state index >= 15 is 0 Å². The molecule has 114 valence electrons. The Morgan fingerprint density at radius 1 is 1.19 bits per heavy atom. The van der Waals surface area contributed by atoms with Crippen LogP contribution in [0, 0.1) is 5.41 Å². The molecule has 1 heterocycles. The minimum atomic E-state index is -0.441. The third-order valence-corrected chi connectivity index (χ3v) is 3.85. The van der Waals surface area contributed by atoms with Crippen molar-refractivity contribution in [1.82, 2.24) is 10.2 Å². The lowest BCUT2D eigenvalue weighted by atomic mass is 9.86. The summed E-state index contributed by atoms with van der Waals surface area (Å²) in [6.45, 7) is 7.11. The first-order valence-corrected chi connectivity index (χ1v) is 7.50. The molecule has 1 aliphatic rings. The molecule has 1 saturated heterocycles. The predicted octanol–water partition coefficient (Wildman–Crippen LogP) is 1.99. The molecule has 0 radical (unpaired) electrons. The molecule has 0 bridgehead atoms. The molecule has 1 fully saturated rings. The maximum Gasteiger partial charge on any atom is 0.245 e. The second-order valence-electron chi connectivity index (χ2n) is 6.68. The smallest absolute Gasteiger partial charge is 0.245 e. The van der Waals surface area contributed by atoms with Crippen LogP contribution in [0.15, 0.2) is 30.3 Å². The van der Waals surface area contributed by atoms with Crippen LogP contribution in [0.1, 0.15) is 32.8 Å². The lowest BCUT2D eigenvalue weighted by Gasteiger charge is -2.32. The lowest BCUT2D eigenvalue weighted by molar-refractivity contribution is -0.136. The Morgan fingerprint density at radius 2 is 1.86 bits per heavy atom. The zero-order valence-corrected chi connectivity index (χ0v) is 13.1. The van der Waals surface area contributed by atoms with Crippen LogP contribution in [0.5, 0.6) is 0 Å². The molecular formula is C17H24N2O2. The van der Waals surface area contributed by atoms with Crippen LogP contribution in [-0.2, 0) is 16.0 Å². The van der Waals surface area contributed by atoms with Crippen LogP contribution < -0.4 is 5.32 Å². The van der Waals surface area contributed by atoms with Gasteiger partial charge in [-0.05, 0) is 17.4 Å². The predicted molar refractivity (Wildman–Crippen MR) is 82.7 cm³/mol. The summed E-state index contributed by atoms with van der Waals surface area (Å²) in [6.07, 6.45) is 1.20. The molecule has 1 aromatic rings. The molecule has 2 amide bonds. The number of hydrogen-bond acceptors (Lipinski definition) is 2. The van der Waals surface area contributed by atoms with Gasteiger partial charge in [0.05, 0.1) is 0 Å². The van der Waals surface area contributed by atoms with Gasteiger partial charge in [-0.15, -0.1) is 0 Å². The summed E-state index contributed by atoms with van der Waals surface area (Å²) >= 11 is 0. The van der Waals surface area contributed by atoms with Gasteiger partial charge in [0.1, 0.15) is 6.04 Å². The highest BCUT2D eigenvalue weighted by Crippen LogP contribution is 2.23. The minimum absolute atomic E-state index is 0.0317. The van der Waals surface area contributed by atoms with Crippen molar-refractivity contribution in [2.45, 2.75) is 39.7 Å². The molecule has 0 aliphatic carbocycles. The summed E-state index contributed by atoms with van der Waals surface area (Å²) in [7, 11) is 0. The summed E-state index contributed by atoms with van der Waals surface area (Å²) in [6, 6.07) is 9.67. The third-order valence-electron chi connectivity index (χ3n) is 3.85. The first-order valence-electron chi connectivity index (χ1n) is 7.50. The van der Waals surface area contributed by atoms with Gasteiger partial charge in [0, 0.05) is 19.5 Å². The van der Waals surface area contributed by atoms with Crippen molar-refractivity contribution in [2.75, 3.05) is 13.1 Å². The summed E-state index contributed by atoms with van der Waals surface area (Å²) in [5.74, 6) is -0.00485. The number of carbonyl (C=O) groups is 2. The number of nitrogens with one attached hydrogen (secondary N) is 1. The Hall–Kier alpha value is -1.84. The Bertz CT molecular complexity index is 505. The molecular weight excluding hydrogens is 264 g/mol. The van der Waals surface area contributed by atoms with Gasteiger partial charge in [0.2, 0.25) is 11.8 Å². The number of amides is 2. The van der Waals surface area contributed by atoms with Crippen molar-refractivity contribution in [3.8, 4) is 0 Å². The molecule has 2 rings (SSSR count). The van der Waals surface area contributed by atoms with Gasteiger partial charge in [-0.3, -0.25) is 9.59 Å². The summed E-state index contributed by atoms with van der Waals surface area (Å²) < 4.78 is 0. The number of nitrogens with zero attached hydrogens (tertiary/aromatic N) is 1. The molecule has 1 aliphatic heterocycles. The maximum atomic E-state index is 12.7. The number of rotatable bonds is 3. The number of benzene rings is 1. The SMILES string of the molecule is CC(C)(C)C1NC(=O)CCN(CCc2ccccc2)C1=O. The van der Waals surface area contributed by atoms with E-state index in [1.165, 1.54) is 5.56 Å². The largest absolute Gasteiger partial charge is 0.344 e. The van der Waals surface area contributed by atoms with E-state index in [9.17, 15) is 9.59 Å². The molecule has 0 spiro atoms. The van der Waals surface area contributed by atoms with Crippen molar-refractivity contribution in [1.29, 1.82) is 0 Å². The zero-order chi connectivity index (χ0) is 15.5. The van der Waals surface area contributed by atoms with E-state index in [2.05, 4.69) is 17.4 Å². The first kappa shape index (κ1) is 15.5. The van der Waals surface area contributed by atoms with Gasteiger partial charge in [-0.2, -0.15) is 0 Å². The highest BCUT2D eigenvalue weighted by Gasteiger charge is 2.37. The second-order valence-corrected chi connectivity index (χ2v) is 6.68. The summed E-state index contributed by atoms with van der Waals surface area (Å²) in [5, 5.41) is 2.87. The molecule has 1 atom stereocenters. The van der Waals surface area contributed by atoms with Crippen LogP contribution in [0.4, 0.5) is 0 Å². The van der Waals surface area contributed by atoms with E-state index in [0.29, 0.717) is 19.5 Å². The van der Waals surface area contributed by atoms with E-state index in [1.54, 1.807) is 0 Å². The van der Waals surface area contributed by atoms with E-state index in [4.69, 9.17) is 0 Å². The number of hydrogen-bond donors (Lipinski definition) is 1. The maximum absolute atomic E-state index is 12.7. The zero-order valence-electron chi connectivity index (χ0n) is 13.1. The van der Waals surface area contributed by atoms with Crippen molar-refractivity contribution in [2.24, 2.45) is 5.41 Å². The normalized spacial score (nSPS) is 20.1. The molecule has 4 nitrogen and oxygen atoms in total. The average molecular weight is 288 g/mol.